The Morgan fingerprint density at radius 2 is 2.15 bits per heavy atom. The molecule has 0 aliphatic rings. The van der Waals surface area contributed by atoms with Crippen molar-refractivity contribution in [3.63, 3.8) is 0 Å². The Morgan fingerprint density at radius 3 is 2.75 bits per heavy atom. The molecule has 1 rings (SSSR count). The molecular formula is C12H25N5O2S. The van der Waals surface area contributed by atoms with Crippen molar-refractivity contribution in [1.29, 1.82) is 0 Å². The van der Waals surface area contributed by atoms with E-state index in [1.54, 1.807) is 6.33 Å². The zero-order valence-electron chi connectivity index (χ0n) is 12.5. The first-order valence-corrected chi connectivity index (χ1v) is 8.86. The van der Waals surface area contributed by atoms with Gasteiger partial charge in [0.2, 0.25) is 10.0 Å². The van der Waals surface area contributed by atoms with E-state index in [-0.39, 0.29) is 0 Å². The SMILES string of the molecule is CCCn1ncnc1CNCCCN(CC)S(C)(=O)=O. The summed E-state index contributed by atoms with van der Waals surface area (Å²) in [5, 5.41) is 7.43. The Hall–Kier alpha value is -0.990. The minimum absolute atomic E-state index is 0.518. The third kappa shape index (κ3) is 5.56. The molecule has 116 valence electrons. The van der Waals surface area contributed by atoms with E-state index in [0.29, 0.717) is 19.6 Å². The van der Waals surface area contributed by atoms with Crippen LogP contribution in [0.25, 0.3) is 0 Å². The number of sulfonamides is 1. The number of hydrogen-bond acceptors (Lipinski definition) is 5. The van der Waals surface area contributed by atoms with Gasteiger partial charge in [-0.15, -0.1) is 0 Å². The van der Waals surface area contributed by atoms with Crippen LogP contribution in [0.2, 0.25) is 0 Å². The lowest BCUT2D eigenvalue weighted by atomic mass is 10.4. The highest BCUT2D eigenvalue weighted by atomic mass is 32.2. The molecule has 0 saturated heterocycles. The van der Waals surface area contributed by atoms with Gasteiger partial charge < -0.3 is 5.32 Å². The first-order valence-electron chi connectivity index (χ1n) is 7.01. The fourth-order valence-corrected chi connectivity index (χ4v) is 2.89. The zero-order valence-corrected chi connectivity index (χ0v) is 13.4. The molecule has 1 heterocycles. The average molecular weight is 303 g/mol. The Kier molecular flexibility index (Phi) is 7.11. The third-order valence-electron chi connectivity index (χ3n) is 3.00. The number of rotatable bonds is 10. The third-order valence-corrected chi connectivity index (χ3v) is 4.38. The average Bonchev–Trinajstić information content (AvgIpc) is 2.80. The van der Waals surface area contributed by atoms with Crippen LogP contribution in [0.5, 0.6) is 0 Å². The Bertz CT molecular complexity index is 486. The molecule has 20 heavy (non-hydrogen) atoms. The van der Waals surface area contributed by atoms with Crippen molar-refractivity contribution in [2.75, 3.05) is 25.9 Å². The summed E-state index contributed by atoms with van der Waals surface area (Å²) in [5.41, 5.74) is 0. The van der Waals surface area contributed by atoms with E-state index in [0.717, 1.165) is 31.8 Å². The zero-order chi connectivity index (χ0) is 15.0. The lowest BCUT2D eigenvalue weighted by molar-refractivity contribution is 0.417. The number of aromatic nitrogens is 3. The number of hydrogen-bond donors (Lipinski definition) is 1. The van der Waals surface area contributed by atoms with Gasteiger partial charge in [0.15, 0.2) is 0 Å². The monoisotopic (exact) mass is 303 g/mol. The molecule has 1 aromatic rings. The molecule has 0 aliphatic heterocycles. The van der Waals surface area contributed by atoms with Crippen LogP contribution in [-0.4, -0.2) is 53.4 Å². The number of nitrogens with one attached hydrogen (secondary N) is 1. The van der Waals surface area contributed by atoms with Crippen LogP contribution in [-0.2, 0) is 23.1 Å². The summed E-state index contributed by atoms with van der Waals surface area (Å²) >= 11 is 0. The van der Waals surface area contributed by atoms with Crippen LogP contribution >= 0.6 is 0 Å². The van der Waals surface area contributed by atoms with Crippen molar-refractivity contribution in [2.24, 2.45) is 0 Å². The van der Waals surface area contributed by atoms with Crippen molar-refractivity contribution >= 4 is 10.0 Å². The first-order chi connectivity index (χ1) is 9.49. The van der Waals surface area contributed by atoms with Gasteiger partial charge in [-0.25, -0.2) is 22.4 Å². The Morgan fingerprint density at radius 1 is 1.40 bits per heavy atom. The van der Waals surface area contributed by atoms with Gasteiger partial charge in [-0.3, -0.25) is 0 Å². The van der Waals surface area contributed by atoms with Crippen molar-refractivity contribution in [3.8, 4) is 0 Å². The predicted octanol–water partition coefficient (Wildman–Crippen LogP) is 0.449. The molecule has 0 atom stereocenters. The van der Waals surface area contributed by atoms with Gasteiger partial charge in [-0.1, -0.05) is 13.8 Å². The largest absolute Gasteiger partial charge is 0.310 e. The van der Waals surface area contributed by atoms with E-state index in [9.17, 15) is 8.42 Å². The van der Waals surface area contributed by atoms with Crippen molar-refractivity contribution in [3.05, 3.63) is 12.2 Å². The summed E-state index contributed by atoms with van der Waals surface area (Å²) in [6, 6.07) is 0. The molecule has 0 bridgehead atoms. The molecule has 0 aliphatic carbocycles. The summed E-state index contributed by atoms with van der Waals surface area (Å²) in [6.07, 6.45) is 4.62. The van der Waals surface area contributed by atoms with E-state index in [1.165, 1.54) is 10.6 Å². The van der Waals surface area contributed by atoms with Crippen LogP contribution in [0.3, 0.4) is 0 Å². The molecule has 1 aromatic heterocycles. The van der Waals surface area contributed by atoms with E-state index in [2.05, 4.69) is 22.3 Å². The summed E-state index contributed by atoms with van der Waals surface area (Å²) in [4.78, 5) is 4.21. The van der Waals surface area contributed by atoms with Crippen LogP contribution in [0, 0.1) is 0 Å². The highest BCUT2D eigenvalue weighted by Gasteiger charge is 2.13. The van der Waals surface area contributed by atoms with E-state index >= 15 is 0 Å². The van der Waals surface area contributed by atoms with Gasteiger partial charge in [0.25, 0.3) is 0 Å². The topological polar surface area (TPSA) is 80.1 Å². The molecule has 0 fully saturated rings. The smallest absolute Gasteiger partial charge is 0.211 e. The highest BCUT2D eigenvalue weighted by molar-refractivity contribution is 7.88. The molecule has 0 saturated carbocycles. The molecular weight excluding hydrogens is 278 g/mol. The molecule has 0 spiro atoms. The molecule has 0 radical (unpaired) electrons. The molecule has 0 amide bonds. The summed E-state index contributed by atoms with van der Waals surface area (Å²) in [7, 11) is -3.08. The Balaban J connectivity index is 2.26. The summed E-state index contributed by atoms with van der Waals surface area (Å²) in [5.74, 6) is 0.919. The summed E-state index contributed by atoms with van der Waals surface area (Å²) in [6.45, 7) is 7.30. The van der Waals surface area contributed by atoms with E-state index < -0.39 is 10.0 Å². The van der Waals surface area contributed by atoms with Crippen LogP contribution in [0.15, 0.2) is 6.33 Å². The summed E-state index contributed by atoms with van der Waals surface area (Å²) < 4.78 is 26.2. The van der Waals surface area contributed by atoms with E-state index in [4.69, 9.17) is 0 Å². The maximum atomic E-state index is 11.4. The highest BCUT2D eigenvalue weighted by Crippen LogP contribution is 1.99. The minimum Gasteiger partial charge on any atom is -0.310 e. The van der Waals surface area contributed by atoms with Crippen molar-refractivity contribution in [2.45, 2.75) is 39.8 Å². The van der Waals surface area contributed by atoms with Crippen molar-refractivity contribution in [1.82, 2.24) is 24.4 Å². The lowest BCUT2D eigenvalue weighted by Gasteiger charge is -2.17. The maximum Gasteiger partial charge on any atom is 0.211 e. The van der Waals surface area contributed by atoms with Gasteiger partial charge in [-0.2, -0.15) is 5.10 Å². The fraction of sp³-hybridized carbons (Fsp3) is 0.833. The fourth-order valence-electron chi connectivity index (χ4n) is 1.96. The number of aryl methyl sites for hydroxylation is 1. The predicted molar refractivity (Wildman–Crippen MR) is 78.7 cm³/mol. The standard InChI is InChI=1S/C12H25N5O2S/c1-4-8-17-12(14-11-15-17)10-13-7-6-9-16(5-2)20(3,18)19/h11,13H,4-10H2,1-3H3. The van der Waals surface area contributed by atoms with Gasteiger partial charge in [0.05, 0.1) is 12.8 Å². The van der Waals surface area contributed by atoms with Gasteiger partial charge >= 0.3 is 0 Å². The minimum atomic E-state index is -3.08. The lowest BCUT2D eigenvalue weighted by Crippen LogP contribution is -2.32. The quantitative estimate of drug-likeness (QED) is 0.635. The molecule has 0 unspecified atom stereocenters. The normalized spacial score (nSPS) is 12.2. The molecule has 1 N–H and O–H groups in total. The molecule has 7 nitrogen and oxygen atoms in total. The van der Waals surface area contributed by atoms with Crippen LogP contribution < -0.4 is 5.32 Å². The molecule has 8 heteroatoms. The molecule has 0 aromatic carbocycles. The number of nitrogens with zero attached hydrogens (tertiary/aromatic N) is 4. The second kappa shape index (κ2) is 8.33. The first kappa shape index (κ1) is 17.1. The van der Waals surface area contributed by atoms with Crippen LogP contribution in [0.1, 0.15) is 32.5 Å². The second-order valence-corrected chi connectivity index (χ2v) is 6.67. The van der Waals surface area contributed by atoms with Gasteiger partial charge in [0.1, 0.15) is 12.2 Å². The van der Waals surface area contributed by atoms with E-state index in [1.807, 2.05) is 11.6 Å². The maximum absolute atomic E-state index is 11.4. The van der Waals surface area contributed by atoms with Crippen LogP contribution in [0.4, 0.5) is 0 Å². The van der Waals surface area contributed by atoms with Gasteiger partial charge in [-0.05, 0) is 19.4 Å². The van der Waals surface area contributed by atoms with Crippen molar-refractivity contribution < 1.29 is 8.42 Å². The second-order valence-electron chi connectivity index (χ2n) is 4.68. The Labute approximate surface area is 121 Å². The van der Waals surface area contributed by atoms with Gasteiger partial charge in [0, 0.05) is 19.6 Å².